The lowest BCUT2D eigenvalue weighted by Crippen LogP contribution is -2.07. The standard InChI is InChI=1S/C14H10F4O/c15-13-6-5-9(7-10(13)8-19)11-3-1-2-4-12(11)14(16,17)18/h1-7,19H,8H2. The van der Waals surface area contributed by atoms with Crippen LogP contribution in [0.2, 0.25) is 0 Å². The second kappa shape index (κ2) is 5.01. The molecule has 100 valence electrons. The number of benzene rings is 2. The van der Waals surface area contributed by atoms with Gasteiger partial charge < -0.3 is 5.11 Å². The number of halogens is 4. The molecule has 0 atom stereocenters. The molecular weight excluding hydrogens is 260 g/mol. The molecule has 2 aromatic carbocycles. The van der Waals surface area contributed by atoms with Gasteiger partial charge in [-0.3, -0.25) is 0 Å². The van der Waals surface area contributed by atoms with Crippen molar-refractivity contribution in [3.63, 3.8) is 0 Å². The molecule has 19 heavy (non-hydrogen) atoms. The maximum atomic E-state index is 13.2. The smallest absolute Gasteiger partial charge is 0.392 e. The Morgan fingerprint density at radius 2 is 1.68 bits per heavy atom. The van der Waals surface area contributed by atoms with Crippen molar-refractivity contribution in [3.8, 4) is 11.1 Å². The Labute approximate surface area is 107 Å². The van der Waals surface area contributed by atoms with E-state index in [1.165, 1.54) is 30.3 Å². The lowest BCUT2D eigenvalue weighted by atomic mass is 9.97. The van der Waals surface area contributed by atoms with Crippen molar-refractivity contribution in [1.29, 1.82) is 0 Å². The van der Waals surface area contributed by atoms with E-state index in [1.807, 2.05) is 0 Å². The van der Waals surface area contributed by atoms with Crippen molar-refractivity contribution in [2.45, 2.75) is 12.8 Å². The molecule has 0 amide bonds. The van der Waals surface area contributed by atoms with Crippen molar-refractivity contribution in [2.24, 2.45) is 0 Å². The van der Waals surface area contributed by atoms with Gasteiger partial charge in [0.2, 0.25) is 0 Å². The highest BCUT2D eigenvalue weighted by atomic mass is 19.4. The summed E-state index contributed by atoms with van der Waals surface area (Å²) < 4.78 is 51.9. The van der Waals surface area contributed by atoms with E-state index in [9.17, 15) is 17.6 Å². The lowest BCUT2D eigenvalue weighted by Gasteiger charge is -2.13. The summed E-state index contributed by atoms with van der Waals surface area (Å²) in [6.45, 7) is -0.562. The van der Waals surface area contributed by atoms with Crippen molar-refractivity contribution in [2.75, 3.05) is 0 Å². The fourth-order valence-corrected chi connectivity index (χ4v) is 1.85. The van der Waals surface area contributed by atoms with Gasteiger partial charge in [-0.2, -0.15) is 13.2 Å². The van der Waals surface area contributed by atoms with Crippen molar-refractivity contribution in [1.82, 2.24) is 0 Å². The third-order valence-corrected chi connectivity index (χ3v) is 2.76. The van der Waals surface area contributed by atoms with Crippen molar-refractivity contribution >= 4 is 0 Å². The maximum Gasteiger partial charge on any atom is 0.417 e. The average molecular weight is 270 g/mol. The monoisotopic (exact) mass is 270 g/mol. The summed E-state index contributed by atoms with van der Waals surface area (Å²) in [5, 5.41) is 8.96. The van der Waals surface area contributed by atoms with Crippen LogP contribution in [0.25, 0.3) is 11.1 Å². The van der Waals surface area contributed by atoms with Crippen molar-refractivity contribution < 1.29 is 22.7 Å². The Balaban J connectivity index is 2.59. The molecule has 0 heterocycles. The fraction of sp³-hybridized carbons (Fsp3) is 0.143. The molecular formula is C14H10F4O. The third kappa shape index (κ3) is 2.76. The number of hydrogen-bond donors (Lipinski definition) is 1. The summed E-state index contributed by atoms with van der Waals surface area (Å²) in [5.74, 6) is -0.643. The molecule has 0 spiro atoms. The molecule has 0 fully saturated rings. The van der Waals surface area contributed by atoms with Gasteiger partial charge in [-0.15, -0.1) is 0 Å². The second-order valence-electron chi connectivity index (χ2n) is 4.01. The SMILES string of the molecule is OCc1cc(-c2ccccc2C(F)(F)F)ccc1F. The van der Waals surface area contributed by atoms with Gasteiger partial charge in [-0.05, 0) is 29.3 Å². The van der Waals surface area contributed by atoms with Crippen LogP contribution in [0, 0.1) is 5.82 Å². The molecule has 2 rings (SSSR count). The average Bonchev–Trinajstić information content (AvgIpc) is 2.38. The highest BCUT2D eigenvalue weighted by molar-refractivity contribution is 5.68. The van der Waals surface area contributed by atoms with E-state index in [-0.39, 0.29) is 16.7 Å². The van der Waals surface area contributed by atoms with Gasteiger partial charge >= 0.3 is 6.18 Å². The van der Waals surface area contributed by atoms with Gasteiger partial charge in [0.1, 0.15) is 5.82 Å². The van der Waals surface area contributed by atoms with Crippen molar-refractivity contribution in [3.05, 3.63) is 59.4 Å². The van der Waals surface area contributed by atoms with E-state index in [0.717, 1.165) is 12.1 Å². The van der Waals surface area contributed by atoms with Gasteiger partial charge in [0.15, 0.2) is 0 Å². The third-order valence-electron chi connectivity index (χ3n) is 2.76. The molecule has 5 heteroatoms. The molecule has 1 N–H and O–H groups in total. The summed E-state index contributed by atoms with van der Waals surface area (Å²) >= 11 is 0. The molecule has 0 saturated carbocycles. The van der Waals surface area contributed by atoms with Crippen LogP contribution >= 0.6 is 0 Å². The Bertz CT molecular complexity index is 590. The first-order valence-electron chi connectivity index (χ1n) is 5.49. The maximum absolute atomic E-state index is 13.2. The summed E-state index contributed by atoms with van der Waals surface area (Å²) in [4.78, 5) is 0. The molecule has 0 aliphatic carbocycles. The van der Waals surface area contributed by atoms with Crippen LogP contribution in [-0.4, -0.2) is 5.11 Å². The van der Waals surface area contributed by atoms with Gasteiger partial charge in [0, 0.05) is 5.56 Å². The highest BCUT2D eigenvalue weighted by Crippen LogP contribution is 2.37. The van der Waals surface area contributed by atoms with E-state index in [4.69, 9.17) is 5.11 Å². The molecule has 1 nitrogen and oxygen atoms in total. The largest absolute Gasteiger partial charge is 0.417 e. The van der Waals surface area contributed by atoms with Crippen LogP contribution in [0.5, 0.6) is 0 Å². The van der Waals surface area contributed by atoms with E-state index in [2.05, 4.69) is 0 Å². The Hall–Kier alpha value is -1.88. The number of hydrogen-bond acceptors (Lipinski definition) is 1. The Morgan fingerprint density at radius 3 is 2.32 bits per heavy atom. The molecule has 0 aliphatic heterocycles. The number of rotatable bonds is 2. The minimum absolute atomic E-state index is 0.0329. The highest BCUT2D eigenvalue weighted by Gasteiger charge is 2.33. The minimum atomic E-state index is -4.48. The van der Waals surface area contributed by atoms with Crippen LogP contribution in [0.15, 0.2) is 42.5 Å². The summed E-state index contributed by atoms with van der Waals surface area (Å²) in [5.41, 5.74) is -0.636. The van der Waals surface area contributed by atoms with E-state index in [0.29, 0.717) is 0 Å². The van der Waals surface area contributed by atoms with Gasteiger partial charge in [0.05, 0.1) is 12.2 Å². The van der Waals surface area contributed by atoms with E-state index >= 15 is 0 Å². The zero-order valence-corrected chi connectivity index (χ0v) is 9.71. The first kappa shape index (κ1) is 13.5. The molecule has 0 aliphatic rings. The predicted molar refractivity (Wildman–Crippen MR) is 62.8 cm³/mol. The Kier molecular flexibility index (Phi) is 3.57. The molecule has 0 bridgehead atoms. The lowest BCUT2D eigenvalue weighted by molar-refractivity contribution is -0.137. The molecule has 0 unspecified atom stereocenters. The number of aliphatic hydroxyl groups excluding tert-OH is 1. The van der Waals surface area contributed by atoms with Gasteiger partial charge in [0.25, 0.3) is 0 Å². The zero-order valence-electron chi connectivity index (χ0n) is 9.71. The van der Waals surface area contributed by atoms with Crippen LogP contribution in [0.1, 0.15) is 11.1 Å². The molecule has 2 aromatic rings. The number of alkyl halides is 3. The summed E-state index contributed by atoms with van der Waals surface area (Å²) in [7, 11) is 0. The summed E-state index contributed by atoms with van der Waals surface area (Å²) in [6.07, 6.45) is -4.48. The first-order valence-corrected chi connectivity index (χ1v) is 5.49. The van der Waals surface area contributed by atoms with Crippen LogP contribution in [0.3, 0.4) is 0 Å². The molecule has 0 radical (unpaired) electrons. The van der Waals surface area contributed by atoms with Gasteiger partial charge in [-0.1, -0.05) is 24.3 Å². The van der Waals surface area contributed by atoms with E-state index < -0.39 is 24.2 Å². The van der Waals surface area contributed by atoms with Crippen LogP contribution < -0.4 is 0 Å². The van der Waals surface area contributed by atoms with Gasteiger partial charge in [-0.25, -0.2) is 4.39 Å². The van der Waals surface area contributed by atoms with Crippen LogP contribution in [-0.2, 0) is 12.8 Å². The molecule has 0 saturated heterocycles. The minimum Gasteiger partial charge on any atom is -0.392 e. The quantitative estimate of drug-likeness (QED) is 0.818. The predicted octanol–water partition coefficient (Wildman–Crippen LogP) is 4.00. The van der Waals surface area contributed by atoms with Crippen LogP contribution in [0.4, 0.5) is 17.6 Å². The Morgan fingerprint density at radius 1 is 1.00 bits per heavy atom. The normalized spacial score (nSPS) is 11.6. The second-order valence-corrected chi connectivity index (χ2v) is 4.01. The number of aliphatic hydroxyl groups is 1. The molecule has 0 aromatic heterocycles. The first-order chi connectivity index (χ1) is 8.93. The zero-order chi connectivity index (χ0) is 14.0. The topological polar surface area (TPSA) is 20.2 Å². The summed E-state index contributed by atoms with van der Waals surface area (Å²) in [6, 6.07) is 8.59. The van der Waals surface area contributed by atoms with E-state index in [1.54, 1.807) is 0 Å². The fourth-order valence-electron chi connectivity index (χ4n) is 1.85.